The van der Waals surface area contributed by atoms with E-state index < -0.39 is 21.9 Å². The third-order valence-corrected chi connectivity index (χ3v) is 7.30. The van der Waals surface area contributed by atoms with Crippen molar-refractivity contribution in [1.29, 1.82) is 0 Å². The van der Waals surface area contributed by atoms with Gasteiger partial charge >= 0.3 is 0 Å². The molecular formula is C17H29N3O4S. The number of carbonyl (C=O) groups excluding carboxylic acids is 2. The van der Waals surface area contributed by atoms with E-state index in [-0.39, 0.29) is 24.9 Å². The molecule has 3 saturated heterocycles. The Balaban J connectivity index is 1.53. The summed E-state index contributed by atoms with van der Waals surface area (Å²) in [6.07, 6.45) is 4.22. The number of piperidine rings is 1. The van der Waals surface area contributed by atoms with Gasteiger partial charge in [0, 0.05) is 25.7 Å². The van der Waals surface area contributed by atoms with Crippen LogP contribution in [-0.2, 0) is 19.6 Å². The van der Waals surface area contributed by atoms with Crippen LogP contribution in [0.1, 0.15) is 33.1 Å². The van der Waals surface area contributed by atoms with Gasteiger partial charge in [-0.25, -0.2) is 12.7 Å². The Morgan fingerprint density at radius 2 is 1.56 bits per heavy atom. The van der Waals surface area contributed by atoms with E-state index in [4.69, 9.17) is 0 Å². The number of sulfonamides is 1. The first-order valence-electron chi connectivity index (χ1n) is 9.23. The molecule has 7 nitrogen and oxygen atoms in total. The molecule has 0 aromatic rings. The molecule has 0 bridgehead atoms. The largest absolute Gasteiger partial charge is 0.301 e. The summed E-state index contributed by atoms with van der Waals surface area (Å²) in [7, 11) is -3.34. The van der Waals surface area contributed by atoms with Gasteiger partial charge in [-0.2, -0.15) is 0 Å². The van der Waals surface area contributed by atoms with Gasteiger partial charge < -0.3 is 4.90 Å². The number of rotatable bonds is 5. The topological polar surface area (TPSA) is 78.0 Å². The quantitative estimate of drug-likeness (QED) is 0.653. The van der Waals surface area contributed by atoms with E-state index in [1.54, 1.807) is 0 Å². The molecule has 3 heterocycles. The number of likely N-dealkylation sites (tertiary alicyclic amines) is 2. The Morgan fingerprint density at radius 3 is 2.00 bits per heavy atom. The highest BCUT2D eigenvalue weighted by Crippen LogP contribution is 2.35. The summed E-state index contributed by atoms with van der Waals surface area (Å²) < 4.78 is 24.6. The second kappa shape index (κ2) is 6.96. The Bertz CT molecular complexity index is 616. The average Bonchev–Trinajstić information content (AvgIpc) is 3.08. The molecular weight excluding hydrogens is 342 g/mol. The van der Waals surface area contributed by atoms with Gasteiger partial charge in [0.25, 0.3) is 0 Å². The zero-order valence-electron chi connectivity index (χ0n) is 15.3. The molecule has 0 spiro atoms. The molecule has 25 heavy (non-hydrogen) atoms. The maximum absolute atomic E-state index is 12.6. The highest BCUT2D eigenvalue weighted by Gasteiger charge is 2.53. The van der Waals surface area contributed by atoms with Crippen LogP contribution < -0.4 is 0 Å². The van der Waals surface area contributed by atoms with Crippen molar-refractivity contribution in [2.45, 2.75) is 39.2 Å². The van der Waals surface area contributed by atoms with Crippen LogP contribution in [0, 0.1) is 17.8 Å². The molecule has 3 aliphatic rings. The fourth-order valence-corrected chi connectivity index (χ4v) is 5.20. The van der Waals surface area contributed by atoms with Crippen molar-refractivity contribution in [3.8, 4) is 0 Å². The Kier molecular flexibility index (Phi) is 5.23. The van der Waals surface area contributed by atoms with Crippen LogP contribution in [0.25, 0.3) is 0 Å². The molecule has 0 aromatic heterocycles. The fourth-order valence-electron chi connectivity index (χ4n) is 4.34. The molecule has 142 valence electrons. The molecule has 3 aliphatic heterocycles. The third-order valence-electron chi connectivity index (χ3n) is 6.06. The standard InChI is InChI=1S/C17H29N3O4S/c1-12(2)18-7-4-13(5-8-18)6-9-20-16(21)14-10-19(25(3,23)24)11-15(14)17(20)22/h12-15H,4-11H2,1-3H3/t14-,15+. The van der Waals surface area contributed by atoms with Gasteiger partial charge in [-0.1, -0.05) is 0 Å². The van der Waals surface area contributed by atoms with Gasteiger partial charge in [0.15, 0.2) is 0 Å². The van der Waals surface area contributed by atoms with Crippen molar-refractivity contribution in [2.24, 2.45) is 17.8 Å². The highest BCUT2D eigenvalue weighted by molar-refractivity contribution is 7.88. The summed E-state index contributed by atoms with van der Waals surface area (Å²) >= 11 is 0. The molecule has 2 atom stereocenters. The van der Waals surface area contributed by atoms with Crippen LogP contribution in [0.15, 0.2) is 0 Å². The molecule has 3 fully saturated rings. The van der Waals surface area contributed by atoms with Crippen molar-refractivity contribution in [1.82, 2.24) is 14.1 Å². The third kappa shape index (κ3) is 3.75. The lowest BCUT2D eigenvalue weighted by molar-refractivity contribution is -0.140. The van der Waals surface area contributed by atoms with Gasteiger partial charge in [0.1, 0.15) is 0 Å². The first-order chi connectivity index (χ1) is 11.7. The first kappa shape index (κ1) is 18.8. The molecule has 0 radical (unpaired) electrons. The van der Waals surface area contributed by atoms with Crippen molar-refractivity contribution in [3.05, 3.63) is 0 Å². The SMILES string of the molecule is CC(C)N1CCC(CCN2C(=O)[C@H]3CN(S(C)(=O)=O)C[C@H]3C2=O)CC1. The molecule has 0 N–H and O–H groups in total. The summed E-state index contributed by atoms with van der Waals surface area (Å²) in [5.41, 5.74) is 0. The summed E-state index contributed by atoms with van der Waals surface area (Å²) in [5, 5.41) is 0. The van der Waals surface area contributed by atoms with E-state index in [9.17, 15) is 18.0 Å². The van der Waals surface area contributed by atoms with Crippen LogP contribution in [0.3, 0.4) is 0 Å². The molecule has 3 rings (SSSR count). The number of amides is 2. The van der Waals surface area contributed by atoms with Crippen LogP contribution >= 0.6 is 0 Å². The number of imide groups is 1. The number of hydrogen-bond acceptors (Lipinski definition) is 5. The molecule has 2 amide bonds. The highest BCUT2D eigenvalue weighted by atomic mass is 32.2. The minimum absolute atomic E-state index is 0.150. The number of fused-ring (bicyclic) bond motifs is 1. The van der Waals surface area contributed by atoms with Crippen molar-refractivity contribution in [2.75, 3.05) is 39.0 Å². The van der Waals surface area contributed by atoms with Crippen LogP contribution in [-0.4, -0.2) is 79.4 Å². The Hall–Kier alpha value is -0.990. The monoisotopic (exact) mass is 371 g/mol. The lowest BCUT2D eigenvalue weighted by Crippen LogP contribution is -2.41. The van der Waals surface area contributed by atoms with E-state index in [0.717, 1.165) is 38.6 Å². The van der Waals surface area contributed by atoms with E-state index in [2.05, 4.69) is 18.7 Å². The number of carbonyl (C=O) groups is 2. The van der Waals surface area contributed by atoms with E-state index in [1.165, 1.54) is 9.21 Å². The van der Waals surface area contributed by atoms with Gasteiger partial charge in [-0.15, -0.1) is 0 Å². The maximum atomic E-state index is 12.6. The van der Waals surface area contributed by atoms with Crippen LogP contribution in [0.5, 0.6) is 0 Å². The summed E-state index contributed by atoms with van der Waals surface area (Å²) in [6, 6.07) is 0.569. The molecule has 0 saturated carbocycles. The zero-order valence-corrected chi connectivity index (χ0v) is 16.2. The van der Waals surface area contributed by atoms with Gasteiger partial charge in [-0.3, -0.25) is 14.5 Å². The van der Waals surface area contributed by atoms with Crippen molar-refractivity contribution >= 4 is 21.8 Å². The average molecular weight is 372 g/mol. The van der Waals surface area contributed by atoms with Crippen molar-refractivity contribution in [3.63, 3.8) is 0 Å². The smallest absolute Gasteiger partial charge is 0.234 e. The van der Waals surface area contributed by atoms with E-state index in [0.29, 0.717) is 18.5 Å². The van der Waals surface area contributed by atoms with Gasteiger partial charge in [-0.05, 0) is 52.1 Å². The minimum atomic E-state index is -3.34. The summed E-state index contributed by atoms with van der Waals surface area (Å²) in [6.45, 7) is 7.36. The van der Waals surface area contributed by atoms with Gasteiger partial charge in [0.2, 0.25) is 21.8 Å². The second-order valence-corrected chi connectivity index (χ2v) is 9.97. The Labute approximate surface area is 150 Å². The lowest BCUT2D eigenvalue weighted by atomic mass is 9.92. The molecule has 8 heteroatoms. The normalized spacial score (nSPS) is 29.8. The first-order valence-corrected chi connectivity index (χ1v) is 11.1. The second-order valence-electron chi connectivity index (χ2n) is 7.98. The maximum Gasteiger partial charge on any atom is 0.234 e. The molecule has 0 unspecified atom stereocenters. The summed E-state index contributed by atoms with van der Waals surface area (Å²) in [4.78, 5) is 29.0. The van der Waals surface area contributed by atoms with Crippen molar-refractivity contribution < 1.29 is 18.0 Å². The van der Waals surface area contributed by atoms with E-state index in [1.807, 2.05) is 0 Å². The van der Waals surface area contributed by atoms with Crippen LogP contribution in [0.4, 0.5) is 0 Å². The molecule has 0 aromatic carbocycles. The predicted molar refractivity (Wildman–Crippen MR) is 94.2 cm³/mol. The number of nitrogens with zero attached hydrogens (tertiary/aromatic N) is 3. The lowest BCUT2D eigenvalue weighted by Gasteiger charge is -2.35. The van der Waals surface area contributed by atoms with Crippen LogP contribution in [0.2, 0.25) is 0 Å². The zero-order chi connectivity index (χ0) is 18.4. The number of hydrogen-bond donors (Lipinski definition) is 0. The molecule has 0 aliphatic carbocycles. The van der Waals surface area contributed by atoms with Gasteiger partial charge in [0.05, 0.1) is 18.1 Å². The Morgan fingerprint density at radius 1 is 1.04 bits per heavy atom. The minimum Gasteiger partial charge on any atom is -0.301 e. The fraction of sp³-hybridized carbons (Fsp3) is 0.882. The van der Waals surface area contributed by atoms with E-state index >= 15 is 0 Å². The summed E-state index contributed by atoms with van der Waals surface area (Å²) in [5.74, 6) is -0.764. The predicted octanol–water partition coefficient (Wildman–Crippen LogP) is 0.373.